The topological polar surface area (TPSA) is 60.5 Å². The SMILES string of the molecule is CCOP(=O)(OCC)C(Nc1ccccc1)c1cc2ccccc2nc1Cl. The number of nitrogens with zero attached hydrogens (tertiary/aromatic N) is 1. The monoisotopic (exact) mass is 404 g/mol. The molecule has 0 saturated heterocycles. The van der Waals surface area contributed by atoms with Gasteiger partial charge in [0, 0.05) is 16.6 Å². The molecule has 1 atom stereocenters. The highest BCUT2D eigenvalue weighted by molar-refractivity contribution is 7.54. The van der Waals surface area contributed by atoms with E-state index < -0.39 is 13.4 Å². The Balaban J connectivity index is 2.13. The number of rotatable bonds is 8. The van der Waals surface area contributed by atoms with Crippen LogP contribution in [0.1, 0.15) is 25.2 Å². The minimum atomic E-state index is -3.56. The van der Waals surface area contributed by atoms with Crippen molar-refractivity contribution in [3.63, 3.8) is 0 Å². The van der Waals surface area contributed by atoms with Gasteiger partial charge in [-0.2, -0.15) is 0 Å². The zero-order chi connectivity index (χ0) is 19.3. The summed E-state index contributed by atoms with van der Waals surface area (Å²) < 4.78 is 24.8. The fourth-order valence-electron chi connectivity index (χ4n) is 2.87. The van der Waals surface area contributed by atoms with Crippen LogP contribution < -0.4 is 5.32 Å². The molecule has 2 aromatic carbocycles. The number of hydrogen-bond acceptors (Lipinski definition) is 5. The maximum absolute atomic E-state index is 13.6. The van der Waals surface area contributed by atoms with Crippen LogP contribution in [0.2, 0.25) is 5.15 Å². The second-order valence-corrected chi connectivity index (χ2v) is 8.32. The van der Waals surface area contributed by atoms with Crippen LogP contribution >= 0.6 is 19.2 Å². The van der Waals surface area contributed by atoms with E-state index in [0.29, 0.717) is 5.56 Å². The number of halogens is 1. The van der Waals surface area contributed by atoms with Gasteiger partial charge in [-0.3, -0.25) is 4.57 Å². The van der Waals surface area contributed by atoms with E-state index in [1.165, 1.54) is 0 Å². The van der Waals surface area contributed by atoms with Crippen molar-refractivity contribution in [2.24, 2.45) is 0 Å². The van der Waals surface area contributed by atoms with Gasteiger partial charge in [-0.25, -0.2) is 4.98 Å². The van der Waals surface area contributed by atoms with Gasteiger partial charge in [0.05, 0.1) is 18.7 Å². The van der Waals surface area contributed by atoms with E-state index in [1.807, 2.05) is 60.7 Å². The third kappa shape index (κ3) is 4.50. The van der Waals surface area contributed by atoms with E-state index in [4.69, 9.17) is 20.6 Å². The van der Waals surface area contributed by atoms with E-state index in [-0.39, 0.29) is 18.4 Å². The van der Waals surface area contributed by atoms with Crippen molar-refractivity contribution in [2.75, 3.05) is 18.5 Å². The molecule has 3 aromatic rings. The molecule has 3 rings (SSSR count). The maximum atomic E-state index is 13.6. The fourth-order valence-corrected chi connectivity index (χ4v) is 5.13. The number of para-hydroxylation sites is 2. The Morgan fingerprint density at radius 3 is 2.33 bits per heavy atom. The van der Waals surface area contributed by atoms with Gasteiger partial charge in [-0.05, 0) is 38.1 Å². The highest BCUT2D eigenvalue weighted by Crippen LogP contribution is 2.61. The van der Waals surface area contributed by atoms with Crippen molar-refractivity contribution < 1.29 is 13.6 Å². The van der Waals surface area contributed by atoms with E-state index >= 15 is 0 Å². The van der Waals surface area contributed by atoms with Crippen LogP contribution in [-0.4, -0.2) is 18.2 Å². The number of fused-ring (bicyclic) bond motifs is 1. The van der Waals surface area contributed by atoms with Crippen molar-refractivity contribution in [3.8, 4) is 0 Å². The number of pyridine rings is 1. The smallest absolute Gasteiger partial charge is 0.357 e. The zero-order valence-corrected chi connectivity index (χ0v) is 16.9. The van der Waals surface area contributed by atoms with Crippen LogP contribution in [0.25, 0.3) is 10.9 Å². The molecule has 142 valence electrons. The summed E-state index contributed by atoms with van der Waals surface area (Å²) in [6, 6.07) is 19.0. The second kappa shape index (κ2) is 8.85. The average molecular weight is 405 g/mol. The molecule has 0 aliphatic heterocycles. The predicted octanol–water partition coefficient (Wildman–Crippen LogP) is 6.27. The summed E-state index contributed by atoms with van der Waals surface area (Å²) in [5.41, 5.74) is 2.13. The summed E-state index contributed by atoms with van der Waals surface area (Å²) in [5.74, 6) is -0.788. The third-order valence-corrected chi connectivity index (χ3v) is 6.59. The first-order valence-corrected chi connectivity index (χ1v) is 10.8. The van der Waals surface area contributed by atoms with Crippen LogP contribution in [0, 0.1) is 0 Å². The number of hydrogen-bond donors (Lipinski definition) is 1. The van der Waals surface area contributed by atoms with Crippen LogP contribution in [0.3, 0.4) is 0 Å². The van der Waals surface area contributed by atoms with Crippen molar-refractivity contribution in [3.05, 3.63) is 71.4 Å². The summed E-state index contributed by atoms with van der Waals surface area (Å²) in [5, 5.41) is 4.44. The molecule has 27 heavy (non-hydrogen) atoms. The highest BCUT2D eigenvalue weighted by Gasteiger charge is 2.38. The van der Waals surface area contributed by atoms with E-state index in [0.717, 1.165) is 16.6 Å². The molecule has 1 aromatic heterocycles. The van der Waals surface area contributed by atoms with Gasteiger partial charge < -0.3 is 14.4 Å². The average Bonchev–Trinajstić information content (AvgIpc) is 2.67. The van der Waals surface area contributed by atoms with Gasteiger partial charge in [0.2, 0.25) is 0 Å². The lowest BCUT2D eigenvalue weighted by Gasteiger charge is -2.28. The summed E-state index contributed by atoms with van der Waals surface area (Å²) in [4.78, 5) is 4.47. The zero-order valence-electron chi connectivity index (χ0n) is 15.3. The van der Waals surface area contributed by atoms with Gasteiger partial charge in [0.1, 0.15) is 5.15 Å². The van der Waals surface area contributed by atoms with Crippen molar-refractivity contribution in [1.29, 1.82) is 0 Å². The molecule has 0 saturated carbocycles. The van der Waals surface area contributed by atoms with Gasteiger partial charge in [-0.15, -0.1) is 0 Å². The molecule has 0 spiro atoms. The van der Waals surface area contributed by atoms with Crippen LogP contribution in [0.4, 0.5) is 5.69 Å². The Hall–Kier alpha value is -1.91. The number of aromatic nitrogens is 1. The maximum Gasteiger partial charge on any atom is 0.357 e. The molecule has 0 bridgehead atoms. The van der Waals surface area contributed by atoms with Gasteiger partial charge in [-0.1, -0.05) is 48.0 Å². The molecule has 0 amide bonds. The first-order chi connectivity index (χ1) is 13.1. The molecule has 0 aliphatic rings. The molecule has 1 heterocycles. The summed E-state index contributed by atoms with van der Waals surface area (Å²) >= 11 is 6.49. The molecular weight excluding hydrogens is 383 g/mol. The number of benzene rings is 2. The van der Waals surface area contributed by atoms with E-state index in [9.17, 15) is 4.57 Å². The van der Waals surface area contributed by atoms with Crippen LogP contribution in [0.5, 0.6) is 0 Å². The van der Waals surface area contributed by atoms with E-state index in [2.05, 4.69) is 10.3 Å². The van der Waals surface area contributed by atoms with Crippen LogP contribution in [-0.2, 0) is 13.6 Å². The van der Waals surface area contributed by atoms with Crippen molar-refractivity contribution >= 4 is 35.8 Å². The molecule has 0 aliphatic carbocycles. The second-order valence-electron chi connectivity index (χ2n) is 5.85. The van der Waals surface area contributed by atoms with Gasteiger partial charge in [0.25, 0.3) is 0 Å². The summed E-state index contributed by atoms with van der Waals surface area (Å²) in [6.07, 6.45) is 0. The first-order valence-electron chi connectivity index (χ1n) is 8.83. The van der Waals surface area contributed by atoms with Gasteiger partial charge in [0.15, 0.2) is 5.78 Å². The molecule has 7 heteroatoms. The first kappa shape index (κ1) is 19.8. The van der Waals surface area contributed by atoms with Crippen molar-refractivity contribution in [1.82, 2.24) is 4.98 Å². The Morgan fingerprint density at radius 1 is 1.04 bits per heavy atom. The van der Waals surface area contributed by atoms with Gasteiger partial charge >= 0.3 is 7.60 Å². The third-order valence-electron chi connectivity index (χ3n) is 4.01. The Bertz CT molecular complexity index is 942. The largest absolute Gasteiger partial charge is 0.368 e. The normalized spacial score (nSPS) is 12.9. The highest BCUT2D eigenvalue weighted by atomic mass is 35.5. The van der Waals surface area contributed by atoms with E-state index in [1.54, 1.807) is 13.8 Å². The lowest BCUT2D eigenvalue weighted by atomic mass is 10.1. The molecular formula is C20H22ClN2O3P. The van der Waals surface area contributed by atoms with Crippen LogP contribution in [0.15, 0.2) is 60.7 Å². The van der Waals surface area contributed by atoms with Crippen molar-refractivity contribution in [2.45, 2.75) is 19.6 Å². The number of nitrogens with one attached hydrogen (secondary N) is 1. The lowest BCUT2D eigenvalue weighted by molar-refractivity contribution is 0.214. The summed E-state index contributed by atoms with van der Waals surface area (Å²) in [6.45, 7) is 4.07. The Kier molecular flexibility index (Phi) is 6.51. The Morgan fingerprint density at radius 2 is 1.67 bits per heavy atom. The standard InChI is InChI=1S/C20H22ClN2O3P/c1-3-25-27(24,26-4-2)20(22-16-11-6-5-7-12-16)17-14-15-10-8-9-13-18(15)23-19(17)21/h5-14,20,22H,3-4H2,1-2H3. The Labute approximate surface area is 164 Å². The minimum Gasteiger partial charge on any atom is -0.368 e. The minimum absolute atomic E-state index is 0.253. The summed E-state index contributed by atoms with van der Waals surface area (Å²) in [7, 11) is -3.56. The molecule has 1 N–H and O–H groups in total. The molecule has 1 unspecified atom stereocenters. The molecule has 0 radical (unpaired) electrons. The molecule has 0 fully saturated rings. The number of anilines is 1. The predicted molar refractivity (Wildman–Crippen MR) is 110 cm³/mol. The molecule has 5 nitrogen and oxygen atoms in total. The lowest BCUT2D eigenvalue weighted by Crippen LogP contribution is -2.16. The fraction of sp³-hybridized carbons (Fsp3) is 0.250. The quantitative estimate of drug-likeness (QED) is 0.354.